The first-order valence-electron chi connectivity index (χ1n) is 11.9. The van der Waals surface area contributed by atoms with E-state index in [9.17, 15) is 10.1 Å². The third kappa shape index (κ3) is 5.64. The lowest BCUT2D eigenvalue weighted by molar-refractivity contribution is -0.130. The smallest absolute Gasteiger partial charge is 0.222 e. The second kappa shape index (κ2) is 10.9. The molecule has 5 heteroatoms. The van der Waals surface area contributed by atoms with Gasteiger partial charge in [-0.2, -0.15) is 5.26 Å². The van der Waals surface area contributed by atoms with Crippen molar-refractivity contribution in [3.05, 3.63) is 64.7 Å². The van der Waals surface area contributed by atoms with Crippen molar-refractivity contribution in [2.24, 2.45) is 5.92 Å². The summed E-state index contributed by atoms with van der Waals surface area (Å²) in [4.78, 5) is 17.4. The molecular weight excluding hydrogens is 418 g/mol. The van der Waals surface area contributed by atoms with Gasteiger partial charge in [0.25, 0.3) is 0 Å². The Morgan fingerprint density at radius 3 is 2.59 bits per heavy atom. The van der Waals surface area contributed by atoms with Crippen LogP contribution in [0.2, 0.25) is 5.02 Å². The highest BCUT2D eigenvalue weighted by Crippen LogP contribution is 2.32. The predicted molar refractivity (Wildman–Crippen MR) is 130 cm³/mol. The van der Waals surface area contributed by atoms with Gasteiger partial charge in [-0.05, 0) is 55.4 Å². The number of nitrogens with zero attached hydrogens (tertiary/aromatic N) is 3. The largest absolute Gasteiger partial charge is 0.366 e. The van der Waals surface area contributed by atoms with Crippen molar-refractivity contribution in [2.45, 2.75) is 57.4 Å². The summed E-state index contributed by atoms with van der Waals surface area (Å²) < 4.78 is 0. The van der Waals surface area contributed by atoms with Crippen molar-refractivity contribution in [1.29, 1.82) is 5.26 Å². The van der Waals surface area contributed by atoms with Crippen molar-refractivity contribution in [2.75, 3.05) is 24.5 Å². The Balaban J connectivity index is 1.44. The van der Waals surface area contributed by atoms with Gasteiger partial charge in [0.15, 0.2) is 0 Å². The molecule has 0 aromatic heterocycles. The number of carbonyl (C=O) groups is 1. The molecule has 1 aliphatic carbocycles. The number of rotatable bonds is 7. The van der Waals surface area contributed by atoms with E-state index in [4.69, 9.17) is 11.6 Å². The van der Waals surface area contributed by atoms with E-state index in [2.05, 4.69) is 23.1 Å². The van der Waals surface area contributed by atoms with Crippen molar-refractivity contribution in [3.63, 3.8) is 0 Å². The first-order valence-corrected chi connectivity index (χ1v) is 12.3. The maximum absolute atomic E-state index is 12.9. The van der Waals surface area contributed by atoms with Gasteiger partial charge in [-0.3, -0.25) is 4.79 Å². The van der Waals surface area contributed by atoms with Crippen molar-refractivity contribution in [1.82, 2.24) is 4.90 Å². The minimum absolute atomic E-state index is 0.242. The molecule has 168 valence electrons. The van der Waals surface area contributed by atoms with Crippen LogP contribution in [0.4, 0.5) is 5.69 Å². The molecule has 1 saturated heterocycles. The summed E-state index contributed by atoms with van der Waals surface area (Å²) >= 11 is 6.39. The molecule has 4 rings (SSSR count). The summed E-state index contributed by atoms with van der Waals surface area (Å²) in [5.41, 5.74) is 2.79. The maximum Gasteiger partial charge on any atom is 0.222 e. The zero-order valence-electron chi connectivity index (χ0n) is 18.7. The summed E-state index contributed by atoms with van der Waals surface area (Å²) in [6.07, 6.45) is 8.82. The van der Waals surface area contributed by atoms with E-state index in [0.717, 1.165) is 38.2 Å². The number of halogens is 1. The summed E-state index contributed by atoms with van der Waals surface area (Å²) in [6.45, 7) is 2.57. The van der Waals surface area contributed by atoms with Gasteiger partial charge in [0.05, 0.1) is 10.6 Å². The highest BCUT2D eigenvalue weighted by Gasteiger charge is 2.32. The number of hydrogen-bond acceptors (Lipinski definition) is 3. The molecule has 2 aromatic carbocycles. The molecule has 0 radical (unpaired) electrons. The standard InChI is InChI=1S/C27H32ClN3O/c28-26-17-24(13-12-23(26)18-29)31(19-22-9-5-2-6-10-22)25-15-16-30(20-25)27(32)14-11-21-7-3-1-4-8-21/h1,3-4,7-8,12-13,17,22,25H,2,5-6,9-11,14-16,19-20H2/t25-/m0/s1. The van der Waals surface area contributed by atoms with Crippen LogP contribution in [0, 0.1) is 17.2 Å². The summed E-state index contributed by atoms with van der Waals surface area (Å²) in [6, 6.07) is 18.5. The monoisotopic (exact) mass is 449 g/mol. The molecular formula is C27H32ClN3O. The molecule has 2 aliphatic rings. The third-order valence-corrected chi connectivity index (χ3v) is 7.32. The van der Waals surface area contributed by atoms with E-state index < -0.39 is 0 Å². The van der Waals surface area contributed by atoms with E-state index in [1.54, 1.807) is 0 Å². The van der Waals surface area contributed by atoms with Gasteiger partial charge in [-0.1, -0.05) is 61.2 Å². The van der Waals surface area contributed by atoms with Gasteiger partial charge in [0, 0.05) is 37.8 Å². The molecule has 2 fully saturated rings. The number of amides is 1. The topological polar surface area (TPSA) is 47.3 Å². The highest BCUT2D eigenvalue weighted by atomic mass is 35.5. The van der Waals surface area contributed by atoms with Crippen LogP contribution in [0.5, 0.6) is 0 Å². The first-order chi connectivity index (χ1) is 15.6. The second-order valence-electron chi connectivity index (χ2n) is 9.20. The predicted octanol–water partition coefficient (Wildman–Crippen LogP) is 5.83. The molecule has 0 bridgehead atoms. The minimum Gasteiger partial charge on any atom is -0.366 e. The second-order valence-corrected chi connectivity index (χ2v) is 9.61. The van der Waals surface area contributed by atoms with Crippen molar-refractivity contribution >= 4 is 23.2 Å². The quantitative estimate of drug-likeness (QED) is 0.534. The Bertz CT molecular complexity index is 949. The Morgan fingerprint density at radius 1 is 1.09 bits per heavy atom. The molecule has 0 spiro atoms. The summed E-state index contributed by atoms with van der Waals surface area (Å²) in [7, 11) is 0. The van der Waals surface area contributed by atoms with E-state index >= 15 is 0 Å². The van der Waals surface area contributed by atoms with Crippen LogP contribution in [0.15, 0.2) is 48.5 Å². The maximum atomic E-state index is 12.9. The van der Waals surface area contributed by atoms with Crippen molar-refractivity contribution in [3.8, 4) is 6.07 Å². The summed E-state index contributed by atoms with van der Waals surface area (Å²) in [5, 5.41) is 9.76. The van der Waals surface area contributed by atoms with Crippen LogP contribution in [0.25, 0.3) is 0 Å². The lowest BCUT2D eigenvalue weighted by Crippen LogP contribution is -2.42. The Kier molecular flexibility index (Phi) is 7.71. The average Bonchev–Trinajstić information content (AvgIpc) is 3.32. The van der Waals surface area contributed by atoms with Gasteiger partial charge in [-0.15, -0.1) is 0 Å². The fourth-order valence-corrected chi connectivity index (χ4v) is 5.38. The molecule has 4 nitrogen and oxygen atoms in total. The zero-order valence-corrected chi connectivity index (χ0v) is 19.4. The Labute approximate surface area is 196 Å². The van der Waals surface area contributed by atoms with E-state index in [1.165, 1.54) is 37.7 Å². The minimum atomic E-state index is 0.242. The molecule has 1 amide bonds. The Morgan fingerprint density at radius 2 is 1.88 bits per heavy atom. The number of anilines is 1. The van der Waals surface area contributed by atoms with Crippen LogP contribution in [-0.2, 0) is 11.2 Å². The van der Waals surface area contributed by atoms with Gasteiger partial charge in [0.2, 0.25) is 5.91 Å². The molecule has 1 aliphatic heterocycles. The zero-order chi connectivity index (χ0) is 22.3. The number of likely N-dealkylation sites (tertiary alicyclic amines) is 1. The number of nitriles is 1. The van der Waals surface area contributed by atoms with Gasteiger partial charge in [0.1, 0.15) is 6.07 Å². The number of hydrogen-bond donors (Lipinski definition) is 0. The fourth-order valence-electron chi connectivity index (χ4n) is 5.16. The fraction of sp³-hybridized carbons (Fsp3) is 0.481. The molecule has 1 atom stereocenters. The first kappa shape index (κ1) is 22.7. The third-order valence-electron chi connectivity index (χ3n) is 7.01. The lowest BCUT2D eigenvalue weighted by Gasteiger charge is -2.36. The molecule has 2 aromatic rings. The van der Waals surface area contributed by atoms with E-state index in [-0.39, 0.29) is 5.91 Å². The van der Waals surface area contributed by atoms with Gasteiger partial charge in [-0.25, -0.2) is 0 Å². The van der Waals surface area contributed by atoms with Gasteiger partial charge >= 0.3 is 0 Å². The van der Waals surface area contributed by atoms with Crippen LogP contribution in [-0.4, -0.2) is 36.5 Å². The molecule has 1 saturated carbocycles. The number of benzene rings is 2. The van der Waals surface area contributed by atoms with Crippen LogP contribution < -0.4 is 4.90 Å². The van der Waals surface area contributed by atoms with E-state index in [0.29, 0.717) is 29.0 Å². The normalized spacial score (nSPS) is 19.0. The number of aryl methyl sites for hydroxylation is 1. The highest BCUT2D eigenvalue weighted by molar-refractivity contribution is 6.32. The summed E-state index contributed by atoms with van der Waals surface area (Å²) in [5.74, 6) is 0.924. The van der Waals surface area contributed by atoms with Crippen LogP contribution in [0.3, 0.4) is 0 Å². The Hall–Kier alpha value is -2.51. The van der Waals surface area contributed by atoms with Crippen LogP contribution >= 0.6 is 11.6 Å². The van der Waals surface area contributed by atoms with E-state index in [1.807, 2.05) is 41.3 Å². The SMILES string of the molecule is N#Cc1ccc(N(CC2CCCCC2)[C@H]2CCN(C(=O)CCc3ccccc3)C2)cc1Cl. The molecule has 0 unspecified atom stereocenters. The molecule has 0 N–H and O–H groups in total. The average molecular weight is 450 g/mol. The lowest BCUT2D eigenvalue weighted by atomic mass is 9.88. The van der Waals surface area contributed by atoms with Crippen molar-refractivity contribution < 1.29 is 4.79 Å². The molecule has 32 heavy (non-hydrogen) atoms. The number of carbonyl (C=O) groups excluding carboxylic acids is 1. The van der Waals surface area contributed by atoms with Crippen LogP contribution in [0.1, 0.15) is 56.1 Å². The van der Waals surface area contributed by atoms with Gasteiger partial charge < -0.3 is 9.80 Å². The molecule has 1 heterocycles.